The third-order valence-corrected chi connectivity index (χ3v) is 4.28. The molecule has 0 radical (unpaired) electrons. The Morgan fingerprint density at radius 3 is 2.86 bits per heavy atom. The second kappa shape index (κ2) is 4.98. The molecule has 0 saturated carbocycles. The summed E-state index contributed by atoms with van der Waals surface area (Å²) in [6.45, 7) is 2.98. The van der Waals surface area contributed by atoms with E-state index in [0.29, 0.717) is 17.8 Å². The maximum atomic E-state index is 5.73. The highest BCUT2D eigenvalue weighted by Gasteiger charge is 2.28. The lowest BCUT2D eigenvalue weighted by Gasteiger charge is -2.26. The molecule has 0 amide bonds. The highest BCUT2D eigenvalue weighted by molar-refractivity contribution is 5.32. The Hall–Kier alpha value is -2.63. The number of nitrogens with two attached hydrogens (primary N) is 1. The van der Waals surface area contributed by atoms with Crippen LogP contribution in [-0.4, -0.2) is 24.5 Å². The highest BCUT2D eigenvalue weighted by Crippen LogP contribution is 2.35. The second-order valence-corrected chi connectivity index (χ2v) is 5.90. The van der Waals surface area contributed by atoms with Crippen LogP contribution in [0, 0.1) is 0 Å². The molecule has 3 aromatic rings. The minimum absolute atomic E-state index is 0.351. The number of aromatic nitrogens is 5. The standard InChI is InChI=1S/C16H18N6/c1-11-7-12(9-22-15(11)19-16(17)20-22)13-8-18-21(10-13)14-5-3-2-4-6-14/h2-6,8,10-12H,7,9H2,1H3,(H2,17,20). The predicted molar refractivity (Wildman–Crippen MR) is 83.8 cm³/mol. The van der Waals surface area contributed by atoms with Crippen molar-refractivity contribution < 1.29 is 0 Å². The Morgan fingerprint density at radius 2 is 2.05 bits per heavy atom. The van der Waals surface area contributed by atoms with Crippen molar-refractivity contribution in [3.63, 3.8) is 0 Å². The van der Waals surface area contributed by atoms with Crippen LogP contribution in [0.3, 0.4) is 0 Å². The number of nitrogen functional groups attached to an aromatic ring is 1. The molecular weight excluding hydrogens is 276 g/mol. The topological polar surface area (TPSA) is 74.5 Å². The summed E-state index contributed by atoms with van der Waals surface area (Å²) in [6.07, 6.45) is 5.10. The number of benzene rings is 1. The summed E-state index contributed by atoms with van der Waals surface area (Å²) in [5.41, 5.74) is 8.03. The first-order valence-electron chi connectivity index (χ1n) is 7.51. The lowest BCUT2D eigenvalue weighted by atomic mass is 9.88. The van der Waals surface area contributed by atoms with Gasteiger partial charge in [0.1, 0.15) is 5.82 Å². The third-order valence-electron chi connectivity index (χ3n) is 4.28. The largest absolute Gasteiger partial charge is 0.366 e. The van der Waals surface area contributed by atoms with Crippen LogP contribution in [0.25, 0.3) is 5.69 Å². The summed E-state index contributed by atoms with van der Waals surface area (Å²) < 4.78 is 3.86. The summed E-state index contributed by atoms with van der Waals surface area (Å²) in [6, 6.07) is 10.1. The molecule has 22 heavy (non-hydrogen) atoms. The lowest BCUT2D eigenvalue weighted by Crippen LogP contribution is -2.22. The summed E-state index contributed by atoms with van der Waals surface area (Å²) in [5, 5.41) is 8.79. The summed E-state index contributed by atoms with van der Waals surface area (Å²) >= 11 is 0. The van der Waals surface area contributed by atoms with E-state index >= 15 is 0 Å². The van der Waals surface area contributed by atoms with Crippen molar-refractivity contribution in [2.24, 2.45) is 0 Å². The van der Waals surface area contributed by atoms with E-state index in [0.717, 1.165) is 24.5 Å². The van der Waals surface area contributed by atoms with Gasteiger partial charge >= 0.3 is 0 Å². The molecule has 0 saturated heterocycles. The van der Waals surface area contributed by atoms with Crippen LogP contribution in [0.4, 0.5) is 5.95 Å². The Labute approximate surface area is 128 Å². The molecule has 1 aliphatic heterocycles. The van der Waals surface area contributed by atoms with E-state index in [4.69, 9.17) is 5.73 Å². The number of hydrogen-bond acceptors (Lipinski definition) is 4. The molecule has 2 aromatic heterocycles. The van der Waals surface area contributed by atoms with Crippen LogP contribution >= 0.6 is 0 Å². The fourth-order valence-electron chi connectivity index (χ4n) is 3.20. The maximum Gasteiger partial charge on any atom is 0.239 e. The zero-order valence-corrected chi connectivity index (χ0v) is 12.4. The van der Waals surface area contributed by atoms with E-state index in [1.165, 1.54) is 5.56 Å². The average Bonchev–Trinajstić information content (AvgIpc) is 3.14. The molecule has 1 aliphatic rings. The summed E-state index contributed by atoms with van der Waals surface area (Å²) in [5.74, 6) is 2.09. The van der Waals surface area contributed by atoms with Gasteiger partial charge in [0.2, 0.25) is 5.95 Å². The lowest BCUT2D eigenvalue weighted by molar-refractivity contribution is 0.382. The van der Waals surface area contributed by atoms with Gasteiger partial charge in [0.15, 0.2) is 0 Å². The van der Waals surface area contributed by atoms with Crippen molar-refractivity contribution in [2.75, 3.05) is 5.73 Å². The highest BCUT2D eigenvalue weighted by atomic mass is 15.4. The van der Waals surface area contributed by atoms with Crippen molar-refractivity contribution in [1.29, 1.82) is 0 Å². The van der Waals surface area contributed by atoms with Crippen molar-refractivity contribution >= 4 is 5.95 Å². The smallest absolute Gasteiger partial charge is 0.239 e. The molecule has 2 unspecified atom stereocenters. The SMILES string of the molecule is CC1CC(c2cnn(-c3ccccc3)c2)Cn2nc(N)nc21. The van der Waals surface area contributed by atoms with Gasteiger partial charge in [-0.1, -0.05) is 25.1 Å². The van der Waals surface area contributed by atoms with Crippen LogP contribution in [0.2, 0.25) is 0 Å². The van der Waals surface area contributed by atoms with Gasteiger partial charge in [-0.2, -0.15) is 10.1 Å². The van der Waals surface area contributed by atoms with Crippen LogP contribution in [0.5, 0.6) is 0 Å². The molecule has 2 N–H and O–H groups in total. The quantitative estimate of drug-likeness (QED) is 0.787. The minimum Gasteiger partial charge on any atom is -0.366 e. The maximum absolute atomic E-state index is 5.73. The van der Waals surface area contributed by atoms with Crippen molar-refractivity contribution in [2.45, 2.75) is 31.7 Å². The Bertz CT molecular complexity index is 788. The number of hydrogen-bond donors (Lipinski definition) is 1. The van der Waals surface area contributed by atoms with Gasteiger partial charge in [0.25, 0.3) is 0 Å². The Kier molecular flexibility index (Phi) is 2.96. The van der Waals surface area contributed by atoms with Gasteiger partial charge in [-0.25, -0.2) is 9.36 Å². The van der Waals surface area contributed by atoms with E-state index < -0.39 is 0 Å². The molecule has 6 heteroatoms. The number of para-hydroxylation sites is 1. The minimum atomic E-state index is 0.351. The Morgan fingerprint density at radius 1 is 1.23 bits per heavy atom. The predicted octanol–water partition coefficient (Wildman–Crippen LogP) is 2.34. The molecule has 6 nitrogen and oxygen atoms in total. The van der Waals surface area contributed by atoms with Crippen LogP contribution in [0.1, 0.15) is 36.6 Å². The molecule has 4 rings (SSSR count). The first-order valence-corrected chi connectivity index (χ1v) is 7.51. The molecule has 0 fully saturated rings. The molecule has 2 atom stereocenters. The molecule has 0 spiro atoms. The number of fused-ring (bicyclic) bond motifs is 1. The monoisotopic (exact) mass is 294 g/mol. The molecular formula is C16H18N6. The molecule has 0 bridgehead atoms. The molecule has 1 aromatic carbocycles. The second-order valence-electron chi connectivity index (χ2n) is 5.90. The third kappa shape index (κ3) is 2.16. The summed E-state index contributed by atoms with van der Waals surface area (Å²) in [4.78, 5) is 4.32. The van der Waals surface area contributed by atoms with Gasteiger partial charge in [-0.15, -0.1) is 5.10 Å². The summed E-state index contributed by atoms with van der Waals surface area (Å²) in [7, 11) is 0. The zero-order valence-electron chi connectivity index (χ0n) is 12.4. The van der Waals surface area contributed by atoms with Gasteiger partial charge in [-0.3, -0.25) is 0 Å². The molecule has 3 heterocycles. The normalized spacial score (nSPS) is 20.8. The number of rotatable bonds is 2. The average molecular weight is 294 g/mol. The van der Waals surface area contributed by atoms with Gasteiger partial charge in [0.05, 0.1) is 18.4 Å². The zero-order chi connectivity index (χ0) is 15.1. The first kappa shape index (κ1) is 13.1. The van der Waals surface area contributed by atoms with Gasteiger partial charge < -0.3 is 5.73 Å². The number of nitrogens with zero attached hydrogens (tertiary/aromatic N) is 5. The van der Waals surface area contributed by atoms with Gasteiger partial charge in [-0.05, 0) is 24.1 Å². The molecule has 0 aliphatic carbocycles. The first-order chi connectivity index (χ1) is 10.7. The van der Waals surface area contributed by atoms with Crippen LogP contribution in [0.15, 0.2) is 42.7 Å². The van der Waals surface area contributed by atoms with Crippen LogP contribution in [-0.2, 0) is 6.54 Å². The fourth-order valence-corrected chi connectivity index (χ4v) is 3.20. The molecule has 112 valence electrons. The Balaban J connectivity index is 1.63. The van der Waals surface area contributed by atoms with Gasteiger partial charge in [0, 0.05) is 18.0 Å². The van der Waals surface area contributed by atoms with Crippen molar-refractivity contribution in [1.82, 2.24) is 24.5 Å². The fraction of sp³-hybridized carbons (Fsp3) is 0.312. The van der Waals surface area contributed by atoms with E-state index in [2.05, 4.69) is 40.4 Å². The van der Waals surface area contributed by atoms with Crippen molar-refractivity contribution in [3.05, 3.63) is 54.1 Å². The van der Waals surface area contributed by atoms with E-state index in [-0.39, 0.29) is 0 Å². The van der Waals surface area contributed by atoms with E-state index in [9.17, 15) is 0 Å². The van der Waals surface area contributed by atoms with Crippen LogP contribution < -0.4 is 5.73 Å². The van der Waals surface area contributed by atoms with Crippen molar-refractivity contribution in [3.8, 4) is 5.69 Å². The van der Waals surface area contributed by atoms with E-state index in [1.807, 2.05) is 33.8 Å². The van der Waals surface area contributed by atoms with E-state index in [1.54, 1.807) is 0 Å². The number of anilines is 1.